The number of benzene rings is 3. The Balaban J connectivity index is 1.69. The molecule has 0 radical (unpaired) electrons. The molecule has 16 heteroatoms. The van der Waals surface area contributed by atoms with Crippen LogP contribution in [-0.4, -0.2) is 78.0 Å². The van der Waals surface area contributed by atoms with Crippen LogP contribution < -0.4 is 28.7 Å². The van der Waals surface area contributed by atoms with E-state index in [-0.39, 0.29) is 28.9 Å². The molecule has 0 aliphatic carbocycles. The first-order valence-electron chi connectivity index (χ1n) is 13.6. The largest absolute Gasteiger partial charge is 0.497 e. The summed E-state index contributed by atoms with van der Waals surface area (Å²) in [6.45, 7) is 0.330. The molecule has 4 rings (SSSR count). The molecule has 0 unspecified atom stereocenters. The zero-order valence-electron chi connectivity index (χ0n) is 25.7. The van der Waals surface area contributed by atoms with Gasteiger partial charge in [0.05, 0.1) is 50.0 Å². The number of thiazole rings is 1. The van der Waals surface area contributed by atoms with Crippen LogP contribution in [0.1, 0.15) is 5.56 Å². The number of sulfonamides is 1. The Morgan fingerprint density at radius 1 is 1.00 bits per heavy atom. The van der Waals surface area contributed by atoms with E-state index in [1.54, 1.807) is 53.7 Å². The molecule has 2 N–H and O–H groups in total. The molecule has 0 bridgehead atoms. The molecular formula is C30H33ClFN5O7S2. The van der Waals surface area contributed by atoms with Gasteiger partial charge in [0.15, 0.2) is 5.13 Å². The minimum Gasteiger partial charge on any atom is -0.497 e. The molecule has 246 valence electrons. The third-order valence-corrected chi connectivity index (χ3v) is 9.99. The molecule has 4 aromatic rings. The lowest BCUT2D eigenvalue weighted by Gasteiger charge is -2.26. The number of amides is 1. The Labute approximate surface area is 275 Å². The van der Waals surface area contributed by atoms with Gasteiger partial charge in [-0.15, -0.1) is 11.3 Å². The van der Waals surface area contributed by atoms with E-state index >= 15 is 4.39 Å². The van der Waals surface area contributed by atoms with Crippen LogP contribution in [0.3, 0.4) is 0 Å². The first-order valence-corrected chi connectivity index (χ1v) is 16.3. The maximum absolute atomic E-state index is 15.8. The predicted molar refractivity (Wildman–Crippen MR) is 177 cm³/mol. The van der Waals surface area contributed by atoms with E-state index in [2.05, 4.69) is 10.3 Å². The Bertz CT molecular complexity index is 1790. The van der Waals surface area contributed by atoms with Gasteiger partial charge in [-0.1, -0.05) is 11.6 Å². The van der Waals surface area contributed by atoms with Crippen molar-refractivity contribution < 1.29 is 36.9 Å². The summed E-state index contributed by atoms with van der Waals surface area (Å²) in [4.78, 5) is 17.7. The van der Waals surface area contributed by atoms with Crippen LogP contribution in [0.4, 0.5) is 31.4 Å². The molecule has 0 spiro atoms. The number of carbonyl (C=O) groups is 1. The van der Waals surface area contributed by atoms with Gasteiger partial charge in [-0.2, -0.15) is 0 Å². The van der Waals surface area contributed by atoms with Gasteiger partial charge in [0, 0.05) is 62.5 Å². The minimum atomic E-state index is -4.53. The second-order valence-electron chi connectivity index (χ2n) is 9.90. The molecule has 1 amide bonds. The van der Waals surface area contributed by atoms with E-state index in [4.69, 9.17) is 25.8 Å². The van der Waals surface area contributed by atoms with Gasteiger partial charge < -0.3 is 34.4 Å². The van der Waals surface area contributed by atoms with Crippen LogP contribution in [0.5, 0.6) is 17.2 Å². The number of nitrogens with one attached hydrogen (secondary N) is 1. The highest BCUT2D eigenvalue weighted by molar-refractivity contribution is 7.93. The summed E-state index contributed by atoms with van der Waals surface area (Å²) in [5.41, 5.74) is 1.71. The molecule has 1 aromatic heterocycles. The van der Waals surface area contributed by atoms with Crippen molar-refractivity contribution in [2.45, 2.75) is 11.4 Å². The van der Waals surface area contributed by atoms with Crippen LogP contribution >= 0.6 is 22.9 Å². The number of hydrogen-bond acceptors (Lipinski definition) is 10. The Morgan fingerprint density at radius 2 is 1.70 bits per heavy atom. The van der Waals surface area contributed by atoms with Crippen molar-refractivity contribution >= 4 is 61.2 Å². The van der Waals surface area contributed by atoms with Crippen LogP contribution in [0, 0.1) is 5.82 Å². The van der Waals surface area contributed by atoms with Crippen LogP contribution in [-0.2, 0) is 16.6 Å². The monoisotopic (exact) mass is 693 g/mol. The summed E-state index contributed by atoms with van der Waals surface area (Å²) >= 11 is 7.66. The van der Waals surface area contributed by atoms with Gasteiger partial charge in [0.25, 0.3) is 10.0 Å². The minimum absolute atomic E-state index is 0.0591. The lowest BCUT2D eigenvalue weighted by Crippen LogP contribution is -2.34. The second kappa shape index (κ2) is 14.7. The van der Waals surface area contributed by atoms with Crippen molar-refractivity contribution in [3.63, 3.8) is 0 Å². The smallest absolute Gasteiger partial charge is 0.407 e. The van der Waals surface area contributed by atoms with Crippen LogP contribution in [0.15, 0.2) is 65.0 Å². The van der Waals surface area contributed by atoms with Gasteiger partial charge in [-0.05, 0) is 30.3 Å². The van der Waals surface area contributed by atoms with Crippen LogP contribution in [0.2, 0.25) is 5.02 Å². The molecule has 46 heavy (non-hydrogen) atoms. The van der Waals surface area contributed by atoms with Gasteiger partial charge >= 0.3 is 6.09 Å². The second-order valence-corrected chi connectivity index (χ2v) is 13.0. The van der Waals surface area contributed by atoms with E-state index < -0.39 is 26.8 Å². The molecule has 0 aliphatic heterocycles. The number of halogens is 2. The Morgan fingerprint density at radius 3 is 2.33 bits per heavy atom. The summed E-state index contributed by atoms with van der Waals surface area (Å²) < 4.78 is 60.9. The fourth-order valence-corrected chi connectivity index (χ4v) is 7.01. The van der Waals surface area contributed by atoms with Crippen molar-refractivity contribution in [1.29, 1.82) is 0 Å². The van der Waals surface area contributed by atoms with Crippen molar-refractivity contribution in [2.24, 2.45) is 0 Å². The average Bonchev–Trinajstić information content (AvgIpc) is 3.58. The fourth-order valence-electron chi connectivity index (χ4n) is 4.39. The Hall–Kier alpha value is -4.47. The first-order chi connectivity index (χ1) is 21.9. The number of carboxylic acid groups (broad SMARTS) is 1. The SMILES string of the molecule is COc1ccc(CN(c2nccs2)S(=O)(=O)c2cc(Cl)c(Nc3ccc(OC)cc3N(C)CCN(C)C(=O)O)cc2F)c(OC)c1. The average molecular weight is 694 g/mol. The molecule has 0 saturated carbocycles. The van der Waals surface area contributed by atoms with Gasteiger partial charge in [-0.25, -0.2) is 26.9 Å². The quantitative estimate of drug-likeness (QED) is 0.159. The van der Waals surface area contributed by atoms with Crippen LogP contribution in [0.25, 0.3) is 0 Å². The highest BCUT2D eigenvalue weighted by atomic mass is 35.5. The zero-order chi connectivity index (χ0) is 33.6. The van der Waals surface area contributed by atoms with Crippen molar-refractivity contribution in [2.75, 3.05) is 63.0 Å². The number of methoxy groups -OCH3 is 3. The summed E-state index contributed by atoms with van der Waals surface area (Å²) in [6.07, 6.45) is 0.388. The number of ether oxygens (including phenoxy) is 3. The van der Waals surface area contributed by atoms with Gasteiger partial charge in [0.2, 0.25) is 0 Å². The molecule has 0 saturated heterocycles. The third kappa shape index (κ3) is 7.66. The van der Waals surface area contributed by atoms with Gasteiger partial charge in [-0.3, -0.25) is 0 Å². The number of anilines is 4. The molecular weight excluding hydrogens is 661 g/mol. The summed E-state index contributed by atoms with van der Waals surface area (Å²) in [7, 11) is 3.15. The normalized spacial score (nSPS) is 11.1. The maximum atomic E-state index is 15.8. The van der Waals surface area contributed by atoms with E-state index in [0.717, 1.165) is 32.7 Å². The molecule has 1 heterocycles. The summed E-state index contributed by atoms with van der Waals surface area (Å²) in [6, 6.07) is 12.1. The summed E-state index contributed by atoms with van der Waals surface area (Å²) in [5.74, 6) is 0.392. The lowest BCUT2D eigenvalue weighted by atomic mass is 10.2. The van der Waals surface area contributed by atoms with E-state index in [1.165, 1.54) is 34.6 Å². The molecule has 0 aliphatic rings. The molecule has 12 nitrogen and oxygen atoms in total. The number of aromatic nitrogens is 1. The third-order valence-electron chi connectivity index (χ3n) is 7.01. The van der Waals surface area contributed by atoms with Crippen molar-refractivity contribution in [3.8, 4) is 17.2 Å². The zero-order valence-corrected chi connectivity index (χ0v) is 28.0. The lowest BCUT2D eigenvalue weighted by molar-refractivity contribution is 0.157. The first kappa shape index (κ1) is 34.4. The number of rotatable bonds is 14. The highest BCUT2D eigenvalue weighted by Gasteiger charge is 2.32. The number of likely N-dealkylation sites (N-methyl/N-ethyl adjacent to an activating group) is 2. The number of nitrogens with zero attached hydrogens (tertiary/aromatic N) is 4. The highest BCUT2D eigenvalue weighted by Crippen LogP contribution is 2.38. The van der Waals surface area contributed by atoms with E-state index in [0.29, 0.717) is 40.7 Å². The van der Waals surface area contributed by atoms with Gasteiger partial charge in [0.1, 0.15) is 28.0 Å². The standard InChI is InChI=1S/C30H33ClFN5O7S2/c1-35(11-12-36(2)30(38)39)26-14-20(42-3)8-9-24(26)34-25-17-23(32)28(16-22(25)31)46(40,41)37(29-33-10-13-45-29)18-19-6-7-21(43-4)15-27(19)44-5/h6-10,13-17,34H,11-12,18H2,1-5H3,(H,38,39). The Kier molecular flexibility index (Phi) is 11.0. The maximum Gasteiger partial charge on any atom is 0.407 e. The summed E-state index contributed by atoms with van der Waals surface area (Å²) in [5, 5.41) is 14.0. The van der Waals surface area contributed by atoms with Crippen molar-refractivity contribution in [3.05, 3.63) is 76.5 Å². The topological polar surface area (TPSA) is 134 Å². The molecule has 0 atom stereocenters. The number of hydrogen-bond donors (Lipinski definition) is 2. The van der Waals surface area contributed by atoms with E-state index in [1.807, 2.05) is 0 Å². The van der Waals surface area contributed by atoms with Crippen molar-refractivity contribution in [1.82, 2.24) is 9.88 Å². The molecule has 0 fully saturated rings. The van der Waals surface area contributed by atoms with E-state index in [9.17, 15) is 18.3 Å². The molecule has 3 aromatic carbocycles. The fraction of sp³-hybridized carbons (Fsp3) is 0.267. The predicted octanol–water partition coefficient (Wildman–Crippen LogP) is 6.15.